The summed E-state index contributed by atoms with van der Waals surface area (Å²) in [6.45, 7) is 4.64. The standard InChI is InChI=1S/C13H23NO3/c1-9(2)6-10(7-12(15)16)8-14-13(17)11-4-3-5-11/h9-11H,3-8H2,1-2H3,(H,14,17)(H,15,16)/t10-/m0/s1. The molecule has 1 atom stereocenters. The molecular formula is C13H23NO3. The van der Waals surface area contributed by atoms with Crippen LogP contribution in [0.3, 0.4) is 0 Å². The fourth-order valence-electron chi connectivity index (χ4n) is 2.21. The molecule has 4 heteroatoms. The predicted molar refractivity (Wildman–Crippen MR) is 65.5 cm³/mol. The maximum absolute atomic E-state index is 11.6. The normalized spacial score (nSPS) is 17.6. The van der Waals surface area contributed by atoms with Gasteiger partial charge in [0.15, 0.2) is 0 Å². The zero-order chi connectivity index (χ0) is 12.8. The highest BCUT2D eigenvalue weighted by Crippen LogP contribution is 2.26. The zero-order valence-electron chi connectivity index (χ0n) is 10.7. The molecule has 0 bridgehead atoms. The van der Waals surface area contributed by atoms with Crippen LogP contribution >= 0.6 is 0 Å². The fraction of sp³-hybridized carbons (Fsp3) is 0.846. The van der Waals surface area contributed by atoms with E-state index in [0.29, 0.717) is 12.5 Å². The van der Waals surface area contributed by atoms with Crippen molar-refractivity contribution in [2.24, 2.45) is 17.8 Å². The highest BCUT2D eigenvalue weighted by atomic mass is 16.4. The maximum atomic E-state index is 11.6. The van der Waals surface area contributed by atoms with Gasteiger partial charge in [0.2, 0.25) is 5.91 Å². The van der Waals surface area contributed by atoms with Gasteiger partial charge in [-0.05, 0) is 31.1 Å². The number of hydrogen-bond acceptors (Lipinski definition) is 2. The van der Waals surface area contributed by atoms with Crippen LogP contribution in [0.25, 0.3) is 0 Å². The Bertz CT molecular complexity index is 272. The average Bonchev–Trinajstić information content (AvgIpc) is 2.09. The highest BCUT2D eigenvalue weighted by Gasteiger charge is 2.25. The van der Waals surface area contributed by atoms with Crippen LogP contribution in [0.5, 0.6) is 0 Å². The number of carbonyl (C=O) groups excluding carboxylic acids is 1. The average molecular weight is 241 g/mol. The molecule has 17 heavy (non-hydrogen) atoms. The van der Waals surface area contributed by atoms with Crippen molar-refractivity contribution in [3.63, 3.8) is 0 Å². The van der Waals surface area contributed by atoms with E-state index in [2.05, 4.69) is 19.2 Å². The first kappa shape index (κ1) is 14.0. The minimum Gasteiger partial charge on any atom is -0.481 e. The third kappa shape index (κ3) is 5.20. The second-order valence-corrected chi connectivity index (χ2v) is 5.47. The molecule has 98 valence electrons. The van der Waals surface area contributed by atoms with Crippen LogP contribution in [0.4, 0.5) is 0 Å². The third-order valence-corrected chi connectivity index (χ3v) is 3.31. The van der Waals surface area contributed by atoms with E-state index in [9.17, 15) is 9.59 Å². The Kier molecular flexibility index (Phi) is 5.45. The number of rotatable bonds is 7. The van der Waals surface area contributed by atoms with E-state index >= 15 is 0 Å². The SMILES string of the molecule is CC(C)C[C@H](CNC(=O)C1CCC1)CC(=O)O. The summed E-state index contributed by atoms with van der Waals surface area (Å²) in [5, 5.41) is 11.7. The molecule has 1 aliphatic carbocycles. The van der Waals surface area contributed by atoms with Crippen molar-refractivity contribution in [2.75, 3.05) is 6.54 Å². The summed E-state index contributed by atoms with van der Waals surface area (Å²) in [6, 6.07) is 0. The van der Waals surface area contributed by atoms with Crippen LogP contribution in [0.15, 0.2) is 0 Å². The summed E-state index contributed by atoms with van der Waals surface area (Å²) in [4.78, 5) is 22.4. The fourth-order valence-corrected chi connectivity index (χ4v) is 2.21. The van der Waals surface area contributed by atoms with E-state index < -0.39 is 5.97 Å². The van der Waals surface area contributed by atoms with Gasteiger partial charge in [-0.3, -0.25) is 9.59 Å². The second-order valence-electron chi connectivity index (χ2n) is 5.47. The zero-order valence-corrected chi connectivity index (χ0v) is 10.7. The van der Waals surface area contributed by atoms with Gasteiger partial charge in [-0.15, -0.1) is 0 Å². The van der Waals surface area contributed by atoms with Gasteiger partial charge in [-0.25, -0.2) is 0 Å². The molecule has 0 unspecified atom stereocenters. The minimum absolute atomic E-state index is 0.0523. The van der Waals surface area contributed by atoms with Gasteiger partial charge in [-0.1, -0.05) is 20.3 Å². The van der Waals surface area contributed by atoms with Gasteiger partial charge in [0, 0.05) is 18.9 Å². The van der Waals surface area contributed by atoms with Crippen LogP contribution < -0.4 is 5.32 Å². The minimum atomic E-state index is -0.784. The van der Waals surface area contributed by atoms with Crippen molar-refractivity contribution in [1.82, 2.24) is 5.32 Å². The van der Waals surface area contributed by atoms with Crippen molar-refractivity contribution >= 4 is 11.9 Å². The lowest BCUT2D eigenvalue weighted by molar-refractivity contribution is -0.138. The number of carboxylic acids is 1. The molecule has 2 N–H and O–H groups in total. The maximum Gasteiger partial charge on any atom is 0.303 e. The van der Waals surface area contributed by atoms with Gasteiger partial charge in [0.25, 0.3) is 0 Å². The van der Waals surface area contributed by atoms with Crippen LogP contribution in [-0.4, -0.2) is 23.5 Å². The molecule has 0 heterocycles. The van der Waals surface area contributed by atoms with Crippen LogP contribution in [0.2, 0.25) is 0 Å². The number of carbonyl (C=O) groups is 2. The number of hydrogen-bond donors (Lipinski definition) is 2. The van der Waals surface area contributed by atoms with Gasteiger partial charge in [0.1, 0.15) is 0 Å². The summed E-state index contributed by atoms with van der Waals surface area (Å²) in [6.07, 6.45) is 4.10. The number of carboxylic acid groups (broad SMARTS) is 1. The van der Waals surface area contributed by atoms with Gasteiger partial charge >= 0.3 is 5.97 Å². The summed E-state index contributed by atoms with van der Waals surface area (Å²) in [5.41, 5.74) is 0. The molecule has 4 nitrogen and oxygen atoms in total. The Hall–Kier alpha value is -1.06. The summed E-state index contributed by atoms with van der Waals surface area (Å²) < 4.78 is 0. The van der Waals surface area contributed by atoms with Crippen molar-refractivity contribution in [3.8, 4) is 0 Å². The van der Waals surface area contributed by atoms with Crippen LogP contribution in [0.1, 0.15) is 46.0 Å². The second kappa shape index (κ2) is 6.62. The lowest BCUT2D eigenvalue weighted by Gasteiger charge is -2.25. The molecule has 1 fully saturated rings. The Morgan fingerprint density at radius 1 is 1.35 bits per heavy atom. The van der Waals surface area contributed by atoms with Crippen molar-refractivity contribution in [3.05, 3.63) is 0 Å². The molecule has 1 rings (SSSR count). The number of nitrogens with one attached hydrogen (secondary N) is 1. The molecule has 0 saturated heterocycles. The monoisotopic (exact) mass is 241 g/mol. The van der Waals surface area contributed by atoms with Crippen molar-refractivity contribution in [2.45, 2.75) is 46.0 Å². The molecule has 0 aromatic heterocycles. The lowest BCUT2D eigenvalue weighted by atomic mass is 9.84. The topological polar surface area (TPSA) is 66.4 Å². The predicted octanol–water partition coefficient (Wildman–Crippen LogP) is 2.04. The molecular weight excluding hydrogens is 218 g/mol. The third-order valence-electron chi connectivity index (χ3n) is 3.31. The largest absolute Gasteiger partial charge is 0.481 e. The highest BCUT2D eigenvalue weighted by molar-refractivity contribution is 5.79. The van der Waals surface area contributed by atoms with E-state index in [1.54, 1.807) is 0 Å². The molecule has 1 aliphatic rings. The molecule has 0 spiro atoms. The quantitative estimate of drug-likeness (QED) is 0.716. The van der Waals surface area contributed by atoms with Gasteiger partial charge in [0.05, 0.1) is 0 Å². The smallest absolute Gasteiger partial charge is 0.303 e. The summed E-state index contributed by atoms with van der Waals surface area (Å²) in [7, 11) is 0. The molecule has 0 aliphatic heterocycles. The van der Waals surface area contributed by atoms with E-state index in [1.807, 2.05) is 0 Å². The number of aliphatic carboxylic acids is 1. The van der Waals surface area contributed by atoms with Crippen molar-refractivity contribution < 1.29 is 14.7 Å². The van der Waals surface area contributed by atoms with Crippen LogP contribution in [-0.2, 0) is 9.59 Å². The van der Waals surface area contributed by atoms with E-state index in [4.69, 9.17) is 5.11 Å². The lowest BCUT2D eigenvalue weighted by Crippen LogP contribution is -2.37. The molecule has 0 aromatic rings. The summed E-state index contributed by atoms with van der Waals surface area (Å²) in [5.74, 6) is 0.0138. The van der Waals surface area contributed by atoms with Gasteiger partial charge < -0.3 is 10.4 Å². The Labute approximate surface area is 103 Å². The Morgan fingerprint density at radius 2 is 2.00 bits per heavy atom. The Balaban J connectivity index is 2.31. The van der Waals surface area contributed by atoms with Gasteiger partial charge in [-0.2, -0.15) is 0 Å². The molecule has 1 amide bonds. The van der Waals surface area contributed by atoms with Crippen molar-refractivity contribution in [1.29, 1.82) is 0 Å². The Morgan fingerprint density at radius 3 is 2.41 bits per heavy atom. The van der Waals surface area contributed by atoms with E-state index in [-0.39, 0.29) is 24.2 Å². The van der Waals surface area contributed by atoms with E-state index in [1.165, 1.54) is 0 Å². The first-order valence-corrected chi connectivity index (χ1v) is 6.48. The molecule has 0 aromatic carbocycles. The van der Waals surface area contributed by atoms with Crippen LogP contribution in [0, 0.1) is 17.8 Å². The molecule has 0 radical (unpaired) electrons. The number of amides is 1. The van der Waals surface area contributed by atoms with E-state index in [0.717, 1.165) is 25.7 Å². The molecule has 1 saturated carbocycles. The first-order valence-electron chi connectivity index (χ1n) is 6.48. The summed E-state index contributed by atoms with van der Waals surface area (Å²) >= 11 is 0. The first-order chi connectivity index (χ1) is 7.99.